The van der Waals surface area contributed by atoms with Crippen LogP contribution < -0.4 is 5.32 Å². The van der Waals surface area contributed by atoms with E-state index in [-0.39, 0.29) is 18.1 Å². The molecule has 8 heteroatoms. The summed E-state index contributed by atoms with van der Waals surface area (Å²) < 4.78 is 1.57. The number of carbonyl (C=O) groups is 2. The number of carbonyl (C=O) groups excluding carboxylic acids is 1. The molecule has 0 fully saturated rings. The molecular formula is C11H12N4O3S. The van der Waals surface area contributed by atoms with E-state index < -0.39 is 5.97 Å². The lowest BCUT2D eigenvalue weighted by molar-refractivity contribution is 0.0691. The van der Waals surface area contributed by atoms with Crippen molar-refractivity contribution in [1.29, 1.82) is 0 Å². The van der Waals surface area contributed by atoms with Gasteiger partial charge in [-0.1, -0.05) is 0 Å². The Hall–Kier alpha value is -2.22. The van der Waals surface area contributed by atoms with Gasteiger partial charge in [-0.05, 0) is 6.92 Å². The highest BCUT2D eigenvalue weighted by atomic mass is 32.1. The molecule has 7 nitrogen and oxygen atoms in total. The van der Waals surface area contributed by atoms with Gasteiger partial charge in [-0.2, -0.15) is 5.10 Å². The molecule has 0 radical (unpaired) electrons. The van der Waals surface area contributed by atoms with E-state index in [1.54, 1.807) is 24.9 Å². The Bertz CT molecular complexity index is 632. The van der Waals surface area contributed by atoms with Crippen LogP contribution in [0.2, 0.25) is 0 Å². The number of amides is 1. The third-order valence-electron chi connectivity index (χ3n) is 2.43. The van der Waals surface area contributed by atoms with Crippen molar-refractivity contribution < 1.29 is 14.7 Å². The summed E-state index contributed by atoms with van der Waals surface area (Å²) in [5.41, 5.74) is 1.13. The lowest BCUT2D eigenvalue weighted by atomic mass is 10.2. The normalized spacial score (nSPS) is 10.4. The molecule has 0 atom stereocenters. The molecule has 2 aromatic rings. The first-order chi connectivity index (χ1) is 8.97. The van der Waals surface area contributed by atoms with Crippen molar-refractivity contribution >= 4 is 23.2 Å². The minimum absolute atomic E-state index is 0.00759. The van der Waals surface area contributed by atoms with Crippen molar-refractivity contribution in [1.82, 2.24) is 20.1 Å². The van der Waals surface area contributed by atoms with Gasteiger partial charge in [-0.15, -0.1) is 11.3 Å². The number of carboxylic acids is 1. The molecule has 0 saturated heterocycles. The van der Waals surface area contributed by atoms with E-state index in [0.717, 1.165) is 0 Å². The maximum atomic E-state index is 11.9. The molecule has 0 aliphatic rings. The van der Waals surface area contributed by atoms with E-state index in [1.807, 2.05) is 0 Å². The minimum Gasteiger partial charge on any atom is -0.476 e. The third kappa shape index (κ3) is 2.97. The fourth-order valence-electron chi connectivity index (χ4n) is 1.56. The molecule has 19 heavy (non-hydrogen) atoms. The molecule has 0 spiro atoms. The van der Waals surface area contributed by atoms with Crippen LogP contribution in [0.4, 0.5) is 0 Å². The molecule has 100 valence electrons. The number of rotatable bonds is 4. The van der Waals surface area contributed by atoms with Crippen molar-refractivity contribution in [3.8, 4) is 0 Å². The number of thiazole rings is 1. The van der Waals surface area contributed by atoms with E-state index in [0.29, 0.717) is 16.3 Å². The van der Waals surface area contributed by atoms with Crippen molar-refractivity contribution in [3.63, 3.8) is 0 Å². The zero-order chi connectivity index (χ0) is 14.0. The summed E-state index contributed by atoms with van der Waals surface area (Å²) in [4.78, 5) is 26.4. The maximum Gasteiger partial charge on any atom is 0.355 e. The Labute approximate surface area is 112 Å². The average molecular weight is 280 g/mol. The maximum absolute atomic E-state index is 11.9. The molecular weight excluding hydrogens is 268 g/mol. The minimum atomic E-state index is -1.07. The van der Waals surface area contributed by atoms with Crippen LogP contribution in [0.5, 0.6) is 0 Å². The van der Waals surface area contributed by atoms with E-state index >= 15 is 0 Å². The molecule has 2 aromatic heterocycles. The van der Waals surface area contributed by atoms with E-state index in [9.17, 15) is 9.59 Å². The van der Waals surface area contributed by atoms with Crippen molar-refractivity contribution in [2.24, 2.45) is 7.05 Å². The van der Waals surface area contributed by atoms with Crippen LogP contribution in [0.15, 0.2) is 11.6 Å². The van der Waals surface area contributed by atoms with Gasteiger partial charge < -0.3 is 10.4 Å². The first kappa shape index (κ1) is 13.2. The first-order valence-electron chi connectivity index (χ1n) is 5.43. The number of hydrogen-bond acceptors (Lipinski definition) is 5. The highest BCUT2D eigenvalue weighted by Crippen LogP contribution is 2.10. The second-order valence-electron chi connectivity index (χ2n) is 3.92. The number of hydrogen-bond donors (Lipinski definition) is 2. The van der Waals surface area contributed by atoms with Gasteiger partial charge in [0, 0.05) is 18.6 Å². The van der Waals surface area contributed by atoms with Crippen LogP contribution in [0, 0.1) is 6.92 Å². The monoisotopic (exact) mass is 280 g/mol. The van der Waals surface area contributed by atoms with Crippen LogP contribution in [0.25, 0.3) is 0 Å². The van der Waals surface area contributed by atoms with Gasteiger partial charge in [0.05, 0.1) is 17.8 Å². The second kappa shape index (κ2) is 5.19. The standard InChI is InChI=1S/C11H12N4O3S/c1-6-7(4-15(2)14-6)10(16)12-3-9-13-8(5-19-9)11(17)18/h4-5H,3H2,1-2H3,(H,12,16)(H,17,18). The molecule has 0 aromatic carbocycles. The quantitative estimate of drug-likeness (QED) is 0.864. The van der Waals surface area contributed by atoms with Crippen molar-refractivity contribution in [2.75, 3.05) is 0 Å². The largest absolute Gasteiger partial charge is 0.476 e. The Morgan fingerprint density at radius 2 is 2.26 bits per heavy atom. The fraction of sp³-hybridized carbons (Fsp3) is 0.273. The lowest BCUT2D eigenvalue weighted by Crippen LogP contribution is -2.23. The van der Waals surface area contributed by atoms with Crippen LogP contribution >= 0.6 is 11.3 Å². The molecule has 0 unspecified atom stereocenters. The summed E-state index contributed by atoms with van der Waals surface area (Å²) in [7, 11) is 1.74. The molecule has 2 N–H and O–H groups in total. The zero-order valence-corrected chi connectivity index (χ0v) is 11.2. The van der Waals surface area contributed by atoms with Gasteiger partial charge in [0.2, 0.25) is 0 Å². The molecule has 2 heterocycles. The fourth-order valence-corrected chi connectivity index (χ4v) is 2.27. The summed E-state index contributed by atoms with van der Waals surface area (Å²) in [5.74, 6) is -1.32. The molecule has 2 rings (SSSR count). The summed E-state index contributed by atoms with van der Waals surface area (Å²) >= 11 is 1.20. The Morgan fingerprint density at radius 1 is 1.53 bits per heavy atom. The van der Waals surface area contributed by atoms with Crippen LogP contribution in [-0.4, -0.2) is 31.7 Å². The first-order valence-corrected chi connectivity index (χ1v) is 6.31. The second-order valence-corrected chi connectivity index (χ2v) is 4.86. The molecule has 1 amide bonds. The molecule has 0 aliphatic heterocycles. The number of aromatic carboxylic acids is 1. The summed E-state index contributed by atoms with van der Waals surface area (Å²) in [5, 5.41) is 17.5. The number of carboxylic acid groups (broad SMARTS) is 1. The molecule has 0 aliphatic carbocycles. The summed E-state index contributed by atoms with van der Waals surface area (Å²) in [6, 6.07) is 0. The highest BCUT2D eigenvalue weighted by molar-refractivity contribution is 7.09. The Kier molecular flexibility index (Phi) is 3.61. The number of nitrogens with one attached hydrogen (secondary N) is 1. The van der Waals surface area contributed by atoms with E-state index in [2.05, 4.69) is 15.4 Å². The van der Waals surface area contributed by atoms with Crippen LogP contribution in [-0.2, 0) is 13.6 Å². The number of aryl methyl sites for hydroxylation is 2. The molecule has 0 saturated carbocycles. The van der Waals surface area contributed by atoms with Crippen molar-refractivity contribution in [2.45, 2.75) is 13.5 Å². The average Bonchev–Trinajstić information content (AvgIpc) is 2.93. The van der Waals surface area contributed by atoms with Crippen LogP contribution in [0.3, 0.4) is 0 Å². The van der Waals surface area contributed by atoms with Gasteiger partial charge in [-0.3, -0.25) is 9.48 Å². The highest BCUT2D eigenvalue weighted by Gasteiger charge is 2.13. The van der Waals surface area contributed by atoms with Gasteiger partial charge >= 0.3 is 5.97 Å². The van der Waals surface area contributed by atoms with Gasteiger partial charge in [-0.25, -0.2) is 9.78 Å². The van der Waals surface area contributed by atoms with Crippen LogP contribution in [0.1, 0.15) is 31.5 Å². The SMILES string of the molecule is Cc1nn(C)cc1C(=O)NCc1nc(C(=O)O)cs1. The summed E-state index contributed by atoms with van der Waals surface area (Å²) in [6.45, 7) is 1.95. The zero-order valence-electron chi connectivity index (χ0n) is 10.4. The van der Waals surface area contributed by atoms with Gasteiger partial charge in [0.1, 0.15) is 5.01 Å². The number of aromatic nitrogens is 3. The van der Waals surface area contributed by atoms with Gasteiger partial charge in [0.15, 0.2) is 5.69 Å². The van der Waals surface area contributed by atoms with Crippen molar-refractivity contribution in [3.05, 3.63) is 33.5 Å². The smallest absolute Gasteiger partial charge is 0.355 e. The van der Waals surface area contributed by atoms with E-state index in [4.69, 9.17) is 5.11 Å². The predicted octanol–water partition coefficient (Wildman–Crippen LogP) is 0.813. The Morgan fingerprint density at radius 3 is 2.79 bits per heavy atom. The Balaban J connectivity index is 2.00. The predicted molar refractivity (Wildman–Crippen MR) is 68.2 cm³/mol. The number of nitrogens with zero attached hydrogens (tertiary/aromatic N) is 3. The van der Waals surface area contributed by atoms with E-state index in [1.165, 1.54) is 16.7 Å². The van der Waals surface area contributed by atoms with Gasteiger partial charge in [0.25, 0.3) is 5.91 Å². The topological polar surface area (TPSA) is 97.1 Å². The molecule has 0 bridgehead atoms. The lowest BCUT2D eigenvalue weighted by Gasteiger charge is -2.01. The summed E-state index contributed by atoms with van der Waals surface area (Å²) in [6.07, 6.45) is 1.63. The third-order valence-corrected chi connectivity index (χ3v) is 3.28.